The lowest BCUT2D eigenvalue weighted by molar-refractivity contribution is 0.0890. The number of hydrogen-bond acceptors (Lipinski definition) is 2. The fourth-order valence-corrected chi connectivity index (χ4v) is 2.93. The lowest BCUT2D eigenvalue weighted by atomic mass is 9.78. The van der Waals surface area contributed by atoms with Gasteiger partial charge in [0.1, 0.15) is 0 Å². The summed E-state index contributed by atoms with van der Waals surface area (Å²) in [6.07, 6.45) is 3.55. The number of nitrogen functional groups attached to an aromatic ring is 1. The van der Waals surface area contributed by atoms with Gasteiger partial charge in [0, 0.05) is 17.3 Å². The number of carbonyl (C=O) groups is 1. The molecule has 1 saturated carbocycles. The Kier molecular flexibility index (Phi) is 4.13. The van der Waals surface area contributed by atoms with Gasteiger partial charge in [0.05, 0.1) is 0 Å². The van der Waals surface area contributed by atoms with Crippen LogP contribution in [-0.2, 0) is 0 Å². The maximum atomic E-state index is 12.4. The fourth-order valence-electron chi connectivity index (χ4n) is 2.93. The summed E-state index contributed by atoms with van der Waals surface area (Å²) in [5.74, 6) is 1.23. The molecule has 0 aromatic heterocycles. The Bertz CT molecular complexity index is 470. The van der Waals surface area contributed by atoms with Crippen LogP contribution in [-0.4, -0.2) is 11.9 Å². The number of hydrogen-bond donors (Lipinski definition) is 2. The Morgan fingerprint density at radius 1 is 1.32 bits per heavy atom. The minimum atomic E-state index is 0.00995. The van der Waals surface area contributed by atoms with Gasteiger partial charge < -0.3 is 11.1 Å². The molecule has 3 atom stereocenters. The SMILES string of the molecule is Cc1c(N)cccc1C(=O)NC1CCCC(C)C1C. The molecule has 1 fully saturated rings. The Balaban J connectivity index is 2.10. The summed E-state index contributed by atoms with van der Waals surface area (Å²) in [7, 11) is 0. The van der Waals surface area contributed by atoms with E-state index in [0.717, 1.165) is 12.0 Å². The molecule has 3 heteroatoms. The van der Waals surface area contributed by atoms with Crippen molar-refractivity contribution in [2.45, 2.75) is 46.1 Å². The highest BCUT2D eigenvalue weighted by atomic mass is 16.1. The van der Waals surface area contributed by atoms with Crippen molar-refractivity contribution in [3.05, 3.63) is 29.3 Å². The van der Waals surface area contributed by atoms with Gasteiger partial charge in [-0.2, -0.15) is 0 Å². The molecule has 104 valence electrons. The molecule has 1 aliphatic rings. The first-order valence-corrected chi connectivity index (χ1v) is 7.16. The molecule has 0 aliphatic heterocycles. The lowest BCUT2D eigenvalue weighted by Crippen LogP contribution is -2.43. The van der Waals surface area contributed by atoms with Crippen LogP contribution in [0.25, 0.3) is 0 Å². The number of benzene rings is 1. The monoisotopic (exact) mass is 260 g/mol. The molecule has 0 radical (unpaired) electrons. The van der Waals surface area contributed by atoms with Crippen LogP contribution < -0.4 is 11.1 Å². The molecule has 3 unspecified atom stereocenters. The Morgan fingerprint density at radius 2 is 2.05 bits per heavy atom. The van der Waals surface area contributed by atoms with Crippen LogP contribution in [0.2, 0.25) is 0 Å². The van der Waals surface area contributed by atoms with E-state index in [1.807, 2.05) is 25.1 Å². The predicted octanol–water partition coefficient (Wildman–Crippen LogP) is 3.13. The van der Waals surface area contributed by atoms with Crippen LogP contribution in [0.1, 0.15) is 49.0 Å². The third kappa shape index (κ3) is 2.91. The summed E-state index contributed by atoms with van der Waals surface area (Å²) in [6.45, 7) is 6.41. The summed E-state index contributed by atoms with van der Waals surface area (Å²) in [5.41, 5.74) is 8.11. The molecule has 19 heavy (non-hydrogen) atoms. The van der Waals surface area contributed by atoms with E-state index in [2.05, 4.69) is 19.2 Å². The van der Waals surface area contributed by atoms with Crippen LogP contribution >= 0.6 is 0 Å². The number of rotatable bonds is 2. The van der Waals surface area contributed by atoms with Crippen LogP contribution in [0.5, 0.6) is 0 Å². The molecule has 3 N–H and O–H groups in total. The lowest BCUT2D eigenvalue weighted by Gasteiger charge is -2.34. The van der Waals surface area contributed by atoms with Crippen molar-refractivity contribution in [3.8, 4) is 0 Å². The number of nitrogens with two attached hydrogens (primary N) is 1. The quantitative estimate of drug-likeness (QED) is 0.803. The van der Waals surface area contributed by atoms with E-state index in [-0.39, 0.29) is 11.9 Å². The average Bonchev–Trinajstić information content (AvgIpc) is 2.38. The number of carbonyl (C=O) groups excluding carboxylic acids is 1. The normalized spacial score (nSPS) is 27.0. The zero-order valence-electron chi connectivity index (χ0n) is 12.1. The molecule has 2 rings (SSSR count). The van der Waals surface area contributed by atoms with Crippen LogP contribution in [0.3, 0.4) is 0 Å². The van der Waals surface area contributed by atoms with Crippen LogP contribution in [0.15, 0.2) is 18.2 Å². The summed E-state index contributed by atoms with van der Waals surface area (Å²) in [4.78, 5) is 12.4. The second kappa shape index (κ2) is 5.64. The number of amides is 1. The van der Waals surface area contributed by atoms with Gasteiger partial charge in [-0.3, -0.25) is 4.79 Å². The van der Waals surface area contributed by atoms with E-state index in [1.54, 1.807) is 0 Å². The highest BCUT2D eigenvalue weighted by molar-refractivity contribution is 5.97. The molecule has 0 saturated heterocycles. The largest absolute Gasteiger partial charge is 0.398 e. The standard InChI is InChI=1S/C16H24N2O/c1-10-6-4-9-15(11(10)2)18-16(19)13-7-5-8-14(17)12(13)3/h5,7-8,10-11,15H,4,6,9,17H2,1-3H3,(H,18,19). The van der Waals surface area contributed by atoms with Gasteiger partial charge in [0.2, 0.25) is 0 Å². The van der Waals surface area contributed by atoms with Crippen molar-refractivity contribution in [2.75, 3.05) is 5.73 Å². The molecule has 0 bridgehead atoms. The van der Waals surface area contributed by atoms with Gasteiger partial charge in [-0.05, 0) is 42.9 Å². The van der Waals surface area contributed by atoms with Crippen molar-refractivity contribution in [1.82, 2.24) is 5.32 Å². The Labute approximate surface area is 115 Å². The minimum absolute atomic E-state index is 0.00995. The molecule has 3 nitrogen and oxygen atoms in total. The molecular formula is C16H24N2O. The first-order chi connectivity index (χ1) is 9.00. The van der Waals surface area contributed by atoms with Crippen molar-refractivity contribution < 1.29 is 4.79 Å². The number of anilines is 1. The van der Waals surface area contributed by atoms with E-state index in [1.165, 1.54) is 12.8 Å². The van der Waals surface area contributed by atoms with Gasteiger partial charge in [-0.1, -0.05) is 32.8 Å². The van der Waals surface area contributed by atoms with Crippen LogP contribution in [0, 0.1) is 18.8 Å². The van der Waals surface area contributed by atoms with E-state index >= 15 is 0 Å². The maximum absolute atomic E-state index is 12.4. The van der Waals surface area contributed by atoms with E-state index in [4.69, 9.17) is 5.73 Å². The minimum Gasteiger partial charge on any atom is -0.398 e. The topological polar surface area (TPSA) is 55.1 Å². The molecule has 0 heterocycles. The zero-order chi connectivity index (χ0) is 14.0. The Morgan fingerprint density at radius 3 is 2.79 bits per heavy atom. The summed E-state index contributed by atoms with van der Waals surface area (Å²) >= 11 is 0. The van der Waals surface area contributed by atoms with Gasteiger partial charge in [0.15, 0.2) is 0 Å². The van der Waals surface area contributed by atoms with Gasteiger partial charge >= 0.3 is 0 Å². The fraction of sp³-hybridized carbons (Fsp3) is 0.562. The molecule has 0 spiro atoms. The van der Waals surface area contributed by atoms with Crippen molar-refractivity contribution >= 4 is 11.6 Å². The van der Waals surface area contributed by atoms with Gasteiger partial charge in [0.25, 0.3) is 5.91 Å². The first kappa shape index (κ1) is 13.9. The average molecular weight is 260 g/mol. The highest BCUT2D eigenvalue weighted by Gasteiger charge is 2.28. The van der Waals surface area contributed by atoms with Crippen molar-refractivity contribution in [1.29, 1.82) is 0 Å². The predicted molar refractivity (Wildman–Crippen MR) is 79.0 cm³/mol. The zero-order valence-corrected chi connectivity index (χ0v) is 12.1. The molecule has 1 aliphatic carbocycles. The van der Waals surface area contributed by atoms with E-state index in [0.29, 0.717) is 23.1 Å². The first-order valence-electron chi connectivity index (χ1n) is 7.16. The van der Waals surface area contributed by atoms with E-state index < -0.39 is 0 Å². The van der Waals surface area contributed by atoms with Crippen molar-refractivity contribution in [3.63, 3.8) is 0 Å². The highest BCUT2D eigenvalue weighted by Crippen LogP contribution is 2.29. The Hall–Kier alpha value is -1.51. The third-order valence-corrected chi connectivity index (χ3v) is 4.64. The molecular weight excluding hydrogens is 236 g/mol. The number of nitrogens with one attached hydrogen (secondary N) is 1. The van der Waals surface area contributed by atoms with Crippen molar-refractivity contribution in [2.24, 2.45) is 11.8 Å². The summed E-state index contributed by atoms with van der Waals surface area (Å²) in [5, 5.41) is 3.19. The smallest absolute Gasteiger partial charge is 0.251 e. The second-order valence-electron chi connectivity index (χ2n) is 5.87. The maximum Gasteiger partial charge on any atom is 0.251 e. The van der Waals surface area contributed by atoms with E-state index in [9.17, 15) is 4.79 Å². The second-order valence-corrected chi connectivity index (χ2v) is 5.87. The molecule has 1 aromatic rings. The summed E-state index contributed by atoms with van der Waals surface area (Å²) in [6, 6.07) is 5.80. The van der Waals surface area contributed by atoms with Gasteiger partial charge in [-0.25, -0.2) is 0 Å². The summed E-state index contributed by atoms with van der Waals surface area (Å²) < 4.78 is 0. The van der Waals surface area contributed by atoms with Crippen LogP contribution in [0.4, 0.5) is 5.69 Å². The van der Waals surface area contributed by atoms with Gasteiger partial charge in [-0.15, -0.1) is 0 Å². The third-order valence-electron chi connectivity index (χ3n) is 4.64. The molecule has 1 amide bonds. The molecule has 1 aromatic carbocycles.